The van der Waals surface area contributed by atoms with Gasteiger partial charge >= 0.3 is 0 Å². The molecule has 0 saturated carbocycles. The van der Waals surface area contributed by atoms with Gasteiger partial charge in [-0.3, -0.25) is 14.9 Å². The predicted molar refractivity (Wildman–Crippen MR) is 96.9 cm³/mol. The van der Waals surface area contributed by atoms with Crippen molar-refractivity contribution in [3.8, 4) is 5.75 Å². The number of rotatable bonds is 5. The first kappa shape index (κ1) is 16.7. The Kier molecular flexibility index (Phi) is 4.76. The van der Waals surface area contributed by atoms with Crippen molar-refractivity contribution in [1.29, 1.82) is 0 Å². The summed E-state index contributed by atoms with van der Waals surface area (Å²) in [6.45, 7) is 0. The van der Waals surface area contributed by atoms with Gasteiger partial charge in [0, 0.05) is 11.6 Å². The topological polar surface area (TPSA) is 88.5 Å². The number of carbonyl (C=O) groups is 2. The number of hydrogen-bond donors (Lipinski definition) is 2. The van der Waals surface area contributed by atoms with Crippen LogP contribution in [0.3, 0.4) is 0 Å². The number of methoxy groups -OCH3 is 1. The molecule has 6 nitrogen and oxygen atoms in total. The number of ketones is 1. The highest BCUT2D eigenvalue weighted by Gasteiger charge is 2.15. The van der Waals surface area contributed by atoms with E-state index in [0.717, 1.165) is 10.8 Å². The Morgan fingerprint density at radius 2 is 1.96 bits per heavy atom. The zero-order valence-electron chi connectivity index (χ0n) is 13.2. The summed E-state index contributed by atoms with van der Waals surface area (Å²) in [6.07, 6.45) is 0.890. The van der Waals surface area contributed by atoms with Gasteiger partial charge in [-0.1, -0.05) is 41.7 Å². The van der Waals surface area contributed by atoms with Crippen LogP contribution in [0.1, 0.15) is 5.56 Å². The minimum Gasteiger partial charge on any atom is -0.507 e. The first-order chi connectivity index (χ1) is 12.1. The molecule has 3 aromatic rings. The highest BCUT2D eigenvalue weighted by atomic mass is 32.1. The molecular formula is C18H14N2O4S. The van der Waals surface area contributed by atoms with Gasteiger partial charge in [-0.2, -0.15) is 0 Å². The fraction of sp³-hybridized carbons (Fsp3) is 0.0556. The summed E-state index contributed by atoms with van der Waals surface area (Å²) in [5.41, 5.74) is 1.15. The molecule has 0 spiro atoms. The van der Waals surface area contributed by atoms with Crippen LogP contribution in [-0.2, 0) is 9.59 Å². The Balaban J connectivity index is 1.74. The van der Waals surface area contributed by atoms with Crippen molar-refractivity contribution < 1.29 is 19.4 Å². The number of aromatic nitrogens is 1. The maximum Gasteiger partial charge on any atom is 0.298 e. The molecular weight excluding hydrogens is 340 g/mol. The van der Waals surface area contributed by atoms with Crippen LogP contribution < -0.4 is 10.1 Å². The molecule has 2 aromatic carbocycles. The SMILES string of the molecule is COc1ccc2nc(NC(=O)C(=O)C=C(O)c3ccccc3)sc2c1. The van der Waals surface area contributed by atoms with Gasteiger partial charge in [0.05, 0.1) is 17.3 Å². The Bertz CT molecular complexity index is 964. The van der Waals surface area contributed by atoms with E-state index in [9.17, 15) is 14.7 Å². The predicted octanol–water partition coefficient (Wildman–Crippen LogP) is 3.41. The second-order valence-corrected chi connectivity index (χ2v) is 6.10. The quantitative estimate of drug-likeness (QED) is 0.416. The van der Waals surface area contributed by atoms with Crippen molar-refractivity contribution in [1.82, 2.24) is 4.98 Å². The van der Waals surface area contributed by atoms with E-state index in [1.165, 1.54) is 11.3 Å². The number of fused-ring (bicyclic) bond motifs is 1. The zero-order chi connectivity index (χ0) is 17.8. The van der Waals surface area contributed by atoms with Crippen molar-refractivity contribution in [2.75, 3.05) is 12.4 Å². The van der Waals surface area contributed by atoms with E-state index >= 15 is 0 Å². The molecule has 0 aliphatic carbocycles. The monoisotopic (exact) mass is 354 g/mol. The molecule has 3 rings (SSSR count). The molecule has 0 aliphatic heterocycles. The van der Waals surface area contributed by atoms with Gasteiger partial charge in [0.2, 0.25) is 5.78 Å². The molecule has 126 valence electrons. The molecule has 0 radical (unpaired) electrons. The lowest BCUT2D eigenvalue weighted by Crippen LogP contribution is -2.21. The molecule has 0 unspecified atom stereocenters. The average Bonchev–Trinajstić information content (AvgIpc) is 3.03. The van der Waals surface area contributed by atoms with E-state index < -0.39 is 11.7 Å². The Morgan fingerprint density at radius 1 is 1.20 bits per heavy atom. The van der Waals surface area contributed by atoms with Gasteiger partial charge in [0.1, 0.15) is 11.5 Å². The largest absolute Gasteiger partial charge is 0.507 e. The van der Waals surface area contributed by atoms with Crippen LogP contribution in [0.15, 0.2) is 54.6 Å². The van der Waals surface area contributed by atoms with E-state index in [-0.39, 0.29) is 5.76 Å². The van der Waals surface area contributed by atoms with E-state index in [0.29, 0.717) is 22.0 Å². The number of nitrogens with zero attached hydrogens (tertiary/aromatic N) is 1. The van der Waals surface area contributed by atoms with Gasteiger partial charge in [-0.25, -0.2) is 4.98 Å². The molecule has 2 N–H and O–H groups in total. The molecule has 1 heterocycles. The summed E-state index contributed by atoms with van der Waals surface area (Å²) in [5.74, 6) is -1.32. The van der Waals surface area contributed by atoms with Crippen LogP contribution in [0, 0.1) is 0 Å². The van der Waals surface area contributed by atoms with Crippen molar-refractivity contribution in [2.24, 2.45) is 0 Å². The van der Waals surface area contributed by atoms with Gasteiger partial charge in [0.15, 0.2) is 5.13 Å². The van der Waals surface area contributed by atoms with E-state index in [1.54, 1.807) is 55.6 Å². The number of aliphatic hydroxyl groups is 1. The highest BCUT2D eigenvalue weighted by Crippen LogP contribution is 2.29. The molecule has 0 bridgehead atoms. The lowest BCUT2D eigenvalue weighted by molar-refractivity contribution is -0.131. The summed E-state index contributed by atoms with van der Waals surface area (Å²) in [4.78, 5) is 28.2. The molecule has 1 amide bonds. The van der Waals surface area contributed by atoms with Gasteiger partial charge in [-0.05, 0) is 18.2 Å². The van der Waals surface area contributed by atoms with Crippen molar-refractivity contribution >= 4 is 44.1 Å². The molecule has 25 heavy (non-hydrogen) atoms. The van der Waals surface area contributed by atoms with Crippen LogP contribution >= 0.6 is 11.3 Å². The second kappa shape index (κ2) is 7.14. The van der Waals surface area contributed by atoms with Gasteiger partial charge in [0.25, 0.3) is 5.91 Å². The Labute approximate surface area is 147 Å². The van der Waals surface area contributed by atoms with Gasteiger partial charge < -0.3 is 9.84 Å². The molecule has 0 saturated heterocycles. The number of aliphatic hydroxyl groups excluding tert-OH is 1. The van der Waals surface area contributed by atoms with Crippen molar-refractivity contribution in [3.05, 3.63) is 60.2 Å². The summed E-state index contributed by atoms with van der Waals surface area (Å²) >= 11 is 1.23. The fourth-order valence-corrected chi connectivity index (χ4v) is 3.02. The van der Waals surface area contributed by atoms with E-state index in [4.69, 9.17) is 4.74 Å². The van der Waals surface area contributed by atoms with Crippen molar-refractivity contribution in [3.63, 3.8) is 0 Å². The lowest BCUT2D eigenvalue weighted by Gasteiger charge is -2.00. The third kappa shape index (κ3) is 3.84. The second-order valence-electron chi connectivity index (χ2n) is 5.07. The minimum absolute atomic E-state index is 0.269. The molecule has 0 fully saturated rings. The number of ether oxygens (including phenoxy) is 1. The molecule has 0 aliphatic rings. The maximum atomic E-state index is 12.0. The third-order valence-electron chi connectivity index (χ3n) is 3.38. The Morgan fingerprint density at radius 3 is 2.68 bits per heavy atom. The standard InChI is InChI=1S/C18H14N2O4S/c1-24-12-7-8-13-16(9-12)25-18(19-13)20-17(23)15(22)10-14(21)11-5-3-2-4-6-11/h2-10,21H,1H3,(H,19,20,23). The maximum absolute atomic E-state index is 12.0. The number of amides is 1. The summed E-state index contributed by atoms with van der Waals surface area (Å²) in [5, 5.41) is 12.7. The number of nitrogens with one attached hydrogen (secondary N) is 1. The van der Waals surface area contributed by atoms with Crippen LogP contribution in [0.4, 0.5) is 5.13 Å². The first-order valence-corrected chi connectivity index (χ1v) is 8.14. The Hall–Kier alpha value is -3.19. The first-order valence-electron chi connectivity index (χ1n) is 7.33. The lowest BCUT2D eigenvalue weighted by atomic mass is 10.1. The van der Waals surface area contributed by atoms with Gasteiger partial charge in [-0.15, -0.1) is 0 Å². The number of thiazole rings is 1. The van der Waals surface area contributed by atoms with E-state index in [1.807, 2.05) is 0 Å². The van der Waals surface area contributed by atoms with Crippen LogP contribution in [0.2, 0.25) is 0 Å². The fourth-order valence-electron chi connectivity index (χ4n) is 2.13. The smallest absolute Gasteiger partial charge is 0.298 e. The highest BCUT2D eigenvalue weighted by molar-refractivity contribution is 7.22. The number of hydrogen-bond acceptors (Lipinski definition) is 6. The van der Waals surface area contributed by atoms with Crippen LogP contribution in [0.25, 0.3) is 16.0 Å². The van der Waals surface area contributed by atoms with Crippen molar-refractivity contribution in [2.45, 2.75) is 0 Å². The summed E-state index contributed by atoms with van der Waals surface area (Å²) in [7, 11) is 1.56. The molecule has 0 atom stereocenters. The summed E-state index contributed by atoms with van der Waals surface area (Å²) < 4.78 is 5.96. The average molecular weight is 354 g/mol. The minimum atomic E-state index is -0.867. The summed E-state index contributed by atoms with van der Waals surface area (Å²) in [6, 6.07) is 13.8. The third-order valence-corrected chi connectivity index (χ3v) is 4.31. The number of carbonyl (C=O) groups excluding carboxylic acids is 2. The van der Waals surface area contributed by atoms with Crippen LogP contribution in [0.5, 0.6) is 5.75 Å². The molecule has 7 heteroatoms. The number of anilines is 1. The van der Waals surface area contributed by atoms with E-state index in [2.05, 4.69) is 10.3 Å². The molecule has 1 aromatic heterocycles. The zero-order valence-corrected chi connectivity index (χ0v) is 14.0. The normalized spacial score (nSPS) is 11.3. The number of benzene rings is 2. The van der Waals surface area contributed by atoms with Crippen LogP contribution in [-0.4, -0.2) is 28.9 Å².